The summed E-state index contributed by atoms with van der Waals surface area (Å²) in [6.07, 6.45) is 7.55. The molecule has 1 fully saturated rings. The zero-order valence-corrected chi connectivity index (χ0v) is 12.6. The van der Waals surface area contributed by atoms with Gasteiger partial charge in [-0.1, -0.05) is 55.1 Å². The Kier molecular flexibility index (Phi) is 4.34. The Balaban J connectivity index is 1.63. The summed E-state index contributed by atoms with van der Waals surface area (Å²) >= 11 is 0. The molecule has 1 aromatic heterocycles. The number of benzene rings is 1. The molecule has 2 aromatic rings. The number of rotatable bonds is 5. The van der Waals surface area contributed by atoms with E-state index in [0.29, 0.717) is 5.82 Å². The second-order valence-corrected chi connectivity index (χ2v) is 6.11. The molecule has 4 nitrogen and oxygen atoms in total. The molecule has 112 valence electrons. The zero-order valence-electron chi connectivity index (χ0n) is 12.6. The minimum Gasteiger partial charge on any atom is -0.339 e. The molecule has 1 aromatic carbocycles. The fourth-order valence-corrected chi connectivity index (χ4v) is 3.04. The Morgan fingerprint density at radius 1 is 1.24 bits per heavy atom. The smallest absolute Gasteiger partial charge is 0.226 e. The van der Waals surface area contributed by atoms with Crippen LogP contribution in [0, 0.1) is 5.92 Å². The maximum absolute atomic E-state index is 5.86. The van der Waals surface area contributed by atoms with E-state index < -0.39 is 0 Å². The topological polar surface area (TPSA) is 64.9 Å². The van der Waals surface area contributed by atoms with Crippen LogP contribution in [0.3, 0.4) is 0 Å². The molecular formula is C17H23N3O. The third-order valence-corrected chi connectivity index (χ3v) is 4.40. The standard InChI is InChI=1S/C17H23N3O/c1-12(18)14-7-9-15(10-8-14)17-19-16(21-20-17)11-6-13-4-2-3-5-13/h7-10,12-13H,2-6,11,18H2,1H3/t12-/m0/s1. The predicted octanol–water partition coefficient (Wildman–Crippen LogP) is 3.88. The van der Waals surface area contributed by atoms with Crippen LogP contribution in [0.1, 0.15) is 56.5 Å². The summed E-state index contributed by atoms with van der Waals surface area (Å²) in [4.78, 5) is 4.51. The van der Waals surface area contributed by atoms with Crippen molar-refractivity contribution in [3.05, 3.63) is 35.7 Å². The lowest BCUT2D eigenvalue weighted by molar-refractivity contribution is 0.362. The molecule has 0 spiro atoms. The van der Waals surface area contributed by atoms with Crippen molar-refractivity contribution in [3.63, 3.8) is 0 Å². The second kappa shape index (κ2) is 6.39. The van der Waals surface area contributed by atoms with Crippen molar-refractivity contribution in [2.24, 2.45) is 11.7 Å². The van der Waals surface area contributed by atoms with Crippen LogP contribution in [-0.4, -0.2) is 10.1 Å². The van der Waals surface area contributed by atoms with Crippen molar-refractivity contribution in [2.75, 3.05) is 0 Å². The minimum atomic E-state index is 0.0475. The largest absolute Gasteiger partial charge is 0.339 e. The van der Waals surface area contributed by atoms with E-state index in [1.165, 1.54) is 32.1 Å². The lowest BCUT2D eigenvalue weighted by Gasteiger charge is -2.05. The molecule has 0 unspecified atom stereocenters. The molecule has 4 heteroatoms. The first-order valence-corrected chi connectivity index (χ1v) is 7.91. The molecule has 2 N–H and O–H groups in total. The highest BCUT2D eigenvalue weighted by Crippen LogP contribution is 2.28. The van der Waals surface area contributed by atoms with E-state index in [1.807, 2.05) is 31.2 Å². The first kappa shape index (κ1) is 14.3. The van der Waals surface area contributed by atoms with Gasteiger partial charge in [0.1, 0.15) is 0 Å². The normalized spacial score (nSPS) is 17.2. The summed E-state index contributed by atoms with van der Waals surface area (Å²) in [7, 11) is 0. The van der Waals surface area contributed by atoms with Gasteiger partial charge in [-0.2, -0.15) is 4.98 Å². The van der Waals surface area contributed by atoms with E-state index in [2.05, 4.69) is 10.1 Å². The van der Waals surface area contributed by atoms with Crippen LogP contribution < -0.4 is 5.73 Å². The average molecular weight is 285 g/mol. The molecule has 0 aliphatic heterocycles. The molecule has 1 saturated carbocycles. The molecule has 1 aliphatic carbocycles. The Morgan fingerprint density at radius 3 is 2.62 bits per heavy atom. The fourth-order valence-electron chi connectivity index (χ4n) is 3.04. The van der Waals surface area contributed by atoms with Gasteiger partial charge in [0.15, 0.2) is 0 Å². The number of aromatic nitrogens is 2. The molecule has 3 rings (SSSR count). The Hall–Kier alpha value is -1.68. The van der Waals surface area contributed by atoms with Crippen molar-refractivity contribution >= 4 is 0 Å². The van der Waals surface area contributed by atoms with Gasteiger partial charge < -0.3 is 10.3 Å². The lowest BCUT2D eigenvalue weighted by Crippen LogP contribution is -2.04. The number of hydrogen-bond acceptors (Lipinski definition) is 4. The van der Waals surface area contributed by atoms with Crippen LogP contribution in [-0.2, 0) is 6.42 Å². The quantitative estimate of drug-likeness (QED) is 0.905. The van der Waals surface area contributed by atoms with E-state index in [9.17, 15) is 0 Å². The highest BCUT2D eigenvalue weighted by molar-refractivity contribution is 5.54. The molecule has 0 amide bonds. The third-order valence-electron chi connectivity index (χ3n) is 4.40. The van der Waals surface area contributed by atoms with Crippen LogP contribution in [0.25, 0.3) is 11.4 Å². The van der Waals surface area contributed by atoms with Gasteiger partial charge in [0.05, 0.1) is 0 Å². The van der Waals surface area contributed by atoms with Gasteiger partial charge in [-0.25, -0.2) is 0 Å². The van der Waals surface area contributed by atoms with Crippen molar-refractivity contribution in [1.29, 1.82) is 0 Å². The number of nitrogens with zero attached hydrogens (tertiary/aromatic N) is 2. The number of aryl methyl sites for hydroxylation is 1. The van der Waals surface area contributed by atoms with Crippen LogP contribution in [0.4, 0.5) is 0 Å². The molecular weight excluding hydrogens is 262 g/mol. The van der Waals surface area contributed by atoms with Gasteiger partial charge in [-0.15, -0.1) is 0 Å². The fraction of sp³-hybridized carbons (Fsp3) is 0.529. The molecule has 0 saturated heterocycles. The average Bonchev–Trinajstić information content (AvgIpc) is 3.17. The Bertz CT molecular complexity index is 568. The van der Waals surface area contributed by atoms with Crippen LogP contribution in [0.15, 0.2) is 28.8 Å². The molecule has 21 heavy (non-hydrogen) atoms. The van der Waals surface area contributed by atoms with Crippen LogP contribution in [0.2, 0.25) is 0 Å². The summed E-state index contributed by atoms with van der Waals surface area (Å²) in [5, 5.41) is 4.09. The molecule has 0 bridgehead atoms. The zero-order chi connectivity index (χ0) is 14.7. The number of nitrogens with two attached hydrogens (primary N) is 1. The van der Waals surface area contributed by atoms with Gasteiger partial charge in [0, 0.05) is 18.0 Å². The molecule has 1 atom stereocenters. The van der Waals surface area contributed by atoms with Crippen LogP contribution >= 0.6 is 0 Å². The highest BCUT2D eigenvalue weighted by Gasteiger charge is 2.16. The maximum atomic E-state index is 5.86. The van der Waals surface area contributed by atoms with Gasteiger partial charge in [-0.3, -0.25) is 0 Å². The third kappa shape index (κ3) is 3.50. The minimum absolute atomic E-state index is 0.0475. The Morgan fingerprint density at radius 2 is 1.95 bits per heavy atom. The van der Waals surface area contributed by atoms with E-state index in [1.54, 1.807) is 0 Å². The summed E-state index contributed by atoms with van der Waals surface area (Å²) in [6.45, 7) is 1.98. The lowest BCUT2D eigenvalue weighted by atomic mass is 10.0. The molecule has 0 radical (unpaired) electrons. The van der Waals surface area contributed by atoms with E-state index in [-0.39, 0.29) is 6.04 Å². The maximum Gasteiger partial charge on any atom is 0.226 e. The van der Waals surface area contributed by atoms with Gasteiger partial charge in [0.25, 0.3) is 0 Å². The van der Waals surface area contributed by atoms with Crippen molar-refractivity contribution in [3.8, 4) is 11.4 Å². The SMILES string of the molecule is C[C@H](N)c1ccc(-c2noc(CCC3CCCC3)n2)cc1. The second-order valence-electron chi connectivity index (χ2n) is 6.11. The number of hydrogen-bond donors (Lipinski definition) is 1. The molecule has 1 aliphatic rings. The van der Waals surface area contributed by atoms with Crippen molar-refractivity contribution in [2.45, 2.75) is 51.5 Å². The summed E-state index contributed by atoms with van der Waals surface area (Å²) in [5.41, 5.74) is 7.95. The highest BCUT2D eigenvalue weighted by atomic mass is 16.5. The molecule has 1 heterocycles. The van der Waals surface area contributed by atoms with Crippen LogP contribution in [0.5, 0.6) is 0 Å². The van der Waals surface area contributed by atoms with E-state index in [4.69, 9.17) is 10.3 Å². The van der Waals surface area contributed by atoms with Gasteiger partial charge in [0.2, 0.25) is 11.7 Å². The summed E-state index contributed by atoms with van der Waals surface area (Å²) < 4.78 is 5.37. The van der Waals surface area contributed by atoms with Crippen molar-refractivity contribution < 1.29 is 4.52 Å². The summed E-state index contributed by atoms with van der Waals surface area (Å²) in [5.74, 6) is 2.28. The predicted molar refractivity (Wildman–Crippen MR) is 82.6 cm³/mol. The van der Waals surface area contributed by atoms with Gasteiger partial charge >= 0.3 is 0 Å². The first-order valence-electron chi connectivity index (χ1n) is 7.91. The Labute approximate surface area is 125 Å². The monoisotopic (exact) mass is 285 g/mol. The first-order chi connectivity index (χ1) is 10.2. The van der Waals surface area contributed by atoms with Gasteiger partial charge in [-0.05, 0) is 24.8 Å². The van der Waals surface area contributed by atoms with Crippen molar-refractivity contribution in [1.82, 2.24) is 10.1 Å². The van der Waals surface area contributed by atoms with E-state index >= 15 is 0 Å². The summed E-state index contributed by atoms with van der Waals surface area (Å²) in [6, 6.07) is 8.10. The van der Waals surface area contributed by atoms with E-state index in [0.717, 1.165) is 29.4 Å².